The molecule has 0 radical (unpaired) electrons. The number of hydrogen-bond acceptors (Lipinski definition) is 2. The van der Waals surface area contributed by atoms with Crippen molar-refractivity contribution in [1.29, 1.82) is 0 Å². The van der Waals surface area contributed by atoms with Gasteiger partial charge in [-0.05, 0) is 79.3 Å². The number of carboxylic acid groups (broad SMARTS) is 1. The second kappa shape index (κ2) is 4.31. The van der Waals surface area contributed by atoms with E-state index in [4.69, 9.17) is 4.42 Å². The first kappa shape index (κ1) is 13.9. The van der Waals surface area contributed by atoms with Crippen molar-refractivity contribution in [3.05, 3.63) is 29.7 Å². The van der Waals surface area contributed by atoms with E-state index in [0.29, 0.717) is 17.8 Å². The van der Waals surface area contributed by atoms with Crippen molar-refractivity contribution in [3.63, 3.8) is 0 Å². The normalized spacial score (nSPS) is 46.8. The topological polar surface area (TPSA) is 50.4 Å². The van der Waals surface area contributed by atoms with Crippen LogP contribution >= 0.6 is 0 Å². The van der Waals surface area contributed by atoms with Crippen LogP contribution in [-0.2, 0) is 4.79 Å². The Balaban J connectivity index is 1.57. The number of rotatable bonds is 1. The molecule has 0 amide bonds. The molecule has 3 fully saturated rings. The lowest BCUT2D eigenvalue weighted by Crippen LogP contribution is -2.49. The highest BCUT2D eigenvalue weighted by molar-refractivity contribution is 5.71. The number of hydrogen-bond donors (Lipinski definition) is 1. The number of aliphatic carboxylic acids is 1. The van der Waals surface area contributed by atoms with Gasteiger partial charge in [0.25, 0.3) is 0 Å². The van der Waals surface area contributed by atoms with Crippen LogP contribution in [0.3, 0.4) is 0 Å². The number of fused-ring (bicyclic) bond motifs is 5. The monoisotopic (exact) mass is 312 g/mol. The van der Waals surface area contributed by atoms with Crippen LogP contribution in [-0.4, -0.2) is 11.1 Å². The Kier molecular flexibility index (Phi) is 2.60. The Hall–Kier alpha value is -1.51. The smallest absolute Gasteiger partial charge is 0.306 e. The van der Waals surface area contributed by atoms with Crippen LogP contribution < -0.4 is 0 Å². The molecule has 23 heavy (non-hydrogen) atoms. The van der Waals surface area contributed by atoms with Crippen LogP contribution in [0, 0.1) is 28.6 Å². The van der Waals surface area contributed by atoms with Gasteiger partial charge in [0.2, 0.25) is 0 Å². The fourth-order valence-corrected chi connectivity index (χ4v) is 6.98. The summed E-state index contributed by atoms with van der Waals surface area (Å²) in [5, 5.41) is 9.62. The van der Waals surface area contributed by atoms with E-state index >= 15 is 0 Å². The highest BCUT2D eigenvalue weighted by Gasteiger charge is 2.62. The summed E-state index contributed by atoms with van der Waals surface area (Å²) >= 11 is 0. The van der Waals surface area contributed by atoms with Crippen molar-refractivity contribution in [2.24, 2.45) is 28.6 Å². The van der Waals surface area contributed by atoms with E-state index in [1.165, 1.54) is 24.8 Å². The third-order valence-electron chi connectivity index (χ3n) is 7.88. The van der Waals surface area contributed by atoms with Gasteiger partial charge in [-0.1, -0.05) is 13.0 Å². The summed E-state index contributed by atoms with van der Waals surface area (Å²) in [6.45, 7) is 2.42. The maximum absolute atomic E-state index is 11.7. The van der Waals surface area contributed by atoms with Gasteiger partial charge < -0.3 is 9.52 Å². The fraction of sp³-hybridized carbons (Fsp3) is 0.650. The van der Waals surface area contributed by atoms with Crippen molar-refractivity contribution in [1.82, 2.24) is 0 Å². The fourth-order valence-electron chi connectivity index (χ4n) is 6.98. The van der Waals surface area contributed by atoms with Gasteiger partial charge >= 0.3 is 5.97 Å². The van der Waals surface area contributed by atoms with Crippen LogP contribution in [0.1, 0.15) is 62.7 Å². The largest absolute Gasteiger partial charge is 0.481 e. The van der Waals surface area contributed by atoms with Crippen LogP contribution in [0.2, 0.25) is 0 Å². The van der Waals surface area contributed by atoms with Crippen LogP contribution in [0.4, 0.5) is 0 Å². The Labute approximate surface area is 136 Å². The second-order valence-electron chi connectivity index (χ2n) is 8.64. The summed E-state index contributed by atoms with van der Waals surface area (Å²) < 4.78 is 5.63. The summed E-state index contributed by atoms with van der Waals surface area (Å²) in [6.07, 6.45) is 13.1. The van der Waals surface area contributed by atoms with Crippen LogP contribution in [0.25, 0.3) is 6.08 Å². The molecule has 5 rings (SSSR count). The van der Waals surface area contributed by atoms with Gasteiger partial charge in [-0.25, -0.2) is 0 Å². The maximum atomic E-state index is 11.7. The molecule has 0 aliphatic heterocycles. The zero-order chi connectivity index (χ0) is 15.8. The van der Waals surface area contributed by atoms with Gasteiger partial charge in [0, 0.05) is 5.56 Å². The molecular weight excluding hydrogens is 288 g/mol. The third-order valence-corrected chi connectivity index (χ3v) is 7.88. The summed E-state index contributed by atoms with van der Waals surface area (Å²) in [7, 11) is 0. The minimum atomic E-state index is -0.559. The predicted octanol–water partition coefficient (Wildman–Crippen LogP) is 4.70. The molecule has 3 saturated carbocycles. The lowest BCUT2D eigenvalue weighted by atomic mass is 9.46. The molecule has 3 nitrogen and oxygen atoms in total. The van der Waals surface area contributed by atoms with E-state index in [9.17, 15) is 9.90 Å². The molecule has 3 heteroatoms. The van der Waals surface area contributed by atoms with Gasteiger partial charge in [-0.2, -0.15) is 0 Å². The van der Waals surface area contributed by atoms with Gasteiger partial charge in [-0.3, -0.25) is 4.79 Å². The van der Waals surface area contributed by atoms with Gasteiger partial charge in [0.1, 0.15) is 5.76 Å². The van der Waals surface area contributed by atoms with Crippen molar-refractivity contribution in [2.45, 2.75) is 51.4 Å². The molecule has 6 atom stereocenters. The summed E-state index contributed by atoms with van der Waals surface area (Å²) in [6, 6.07) is 2.15. The van der Waals surface area contributed by atoms with E-state index in [0.717, 1.165) is 25.0 Å². The molecule has 0 aromatic carbocycles. The minimum Gasteiger partial charge on any atom is -0.481 e. The van der Waals surface area contributed by atoms with Crippen molar-refractivity contribution < 1.29 is 14.3 Å². The number of carbonyl (C=O) groups is 1. The third kappa shape index (κ3) is 1.63. The molecule has 0 unspecified atom stereocenters. The summed E-state index contributed by atoms with van der Waals surface area (Å²) in [4.78, 5) is 11.7. The first-order valence-corrected chi connectivity index (χ1v) is 9.03. The zero-order valence-electron chi connectivity index (χ0n) is 13.6. The Morgan fingerprint density at radius 3 is 3.00 bits per heavy atom. The first-order valence-electron chi connectivity index (χ1n) is 9.03. The average molecular weight is 312 g/mol. The summed E-state index contributed by atoms with van der Waals surface area (Å²) in [5.74, 6) is 1.95. The standard InChI is InChI=1S/C20H24O3/c1-19-7-5-16-13(6-9-23-16)15(19)4-8-20-10-12(2-3-17(19)20)14(11-20)18(21)22/h5-7,9,12,14-15,17H,2-4,8,10-11H2,1H3,(H,21,22)/t12-,14+,15-,17+,19-,20+/m1/s1. The number of carboxylic acids is 1. The quantitative estimate of drug-likeness (QED) is 0.818. The lowest BCUT2D eigenvalue weighted by Gasteiger charge is -2.58. The first-order chi connectivity index (χ1) is 11.0. The van der Waals surface area contributed by atoms with Gasteiger partial charge in [0.15, 0.2) is 0 Å². The summed E-state index contributed by atoms with van der Waals surface area (Å²) in [5.41, 5.74) is 1.80. The Morgan fingerprint density at radius 1 is 1.30 bits per heavy atom. The lowest BCUT2D eigenvalue weighted by molar-refractivity contribution is -0.143. The molecular formula is C20H24O3. The maximum Gasteiger partial charge on any atom is 0.306 e. The highest BCUT2D eigenvalue weighted by Crippen LogP contribution is 2.70. The highest BCUT2D eigenvalue weighted by atomic mass is 16.4. The van der Waals surface area contributed by atoms with E-state index in [-0.39, 0.29) is 16.7 Å². The number of furan rings is 1. The number of allylic oxidation sites excluding steroid dienone is 1. The van der Waals surface area contributed by atoms with E-state index in [1.54, 1.807) is 0 Å². The zero-order valence-corrected chi connectivity index (χ0v) is 13.6. The second-order valence-corrected chi connectivity index (χ2v) is 8.64. The molecule has 122 valence electrons. The average Bonchev–Trinajstić information content (AvgIpc) is 3.09. The SMILES string of the molecule is C[C@@]12C=Cc3occc3[C@H]1CC[C@@]13C[C@@H](CC[C@H]12)[C@@H](C(=O)O)C3. The van der Waals surface area contributed by atoms with Crippen molar-refractivity contribution in [2.75, 3.05) is 0 Å². The van der Waals surface area contributed by atoms with Crippen molar-refractivity contribution >= 4 is 12.0 Å². The molecule has 4 aliphatic rings. The molecule has 1 aromatic heterocycles. The Morgan fingerprint density at radius 2 is 2.17 bits per heavy atom. The van der Waals surface area contributed by atoms with Gasteiger partial charge in [0.05, 0.1) is 12.2 Å². The van der Waals surface area contributed by atoms with Gasteiger partial charge in [-0.15, -0.1) is 0 Å². The van der Waals surface area contributed by atoms with Crippen LogP contribution in [0.5, 0.6) is 0 Å². The molecule has 0 saturated heterocycles. The van der Waals surface area contributed by atoms with E-state index in [1.807, 2.05) is 6.26 Å². The van der Waals surface area contributed by atoms with E-state index < -0.39 is 5.97 Å². The molecule has 1 spiro atoms. The molecule has 2 bridgehead atoms. The molecule has 4 aliphatic carbocycles. The van der Waals surface area contributed by atoms with Crippen LogP contribution in [0.15, 0.2) is 22.8 Å². The molecule has 1 N–H and O–H groups in total. The molecule has 1 heterocycles. The van der Waals surface area contributed by atoms with Crippen molar-refractivity contribution in [3.8, 4) is 0 Å². The predicted molar refractivity (Wildman–Crippen MR) is 86.8 cm³/mol. The van der Waals surface area contributed by atoms with E-state index in [2.05, 4.69) is 25.1 Å². The molecule has 1 aromatic rings. The Bertz CT molecular complexity index is 701. The minimum absolute atomic E-state index is 0.0998.